The Bertz CT molecular complexity index is 380. The lowest BCUT2D eigenvalue weighted by Gasteiger charge is -2.22. The maximum absolute atomic E-state index is 13.8. The van der Waals surface area contributed by atoms with E-state index in [0.29, 0.717) is 17.9 Å². The van der Waals surface area contributed by atoms with Crippen LogP contribution in [0.4, 0.5) is 4.39 Å². The summed E-state index contributed by atoms with van der Waals surface area (Å²) in [6.07, 6.45) is 1.69. The van der Waals surface area contributed by atoms with Gasteiger partial charge in [-0.2, -0.15) is 0 Å². The highest BCUT2D eigenvalue weighted by Gasteiger charge is 2.25. The SMILES string of the molecule is CNC(Cc1cccc(Cl)c1F)C1CCOC1. The molecule has 1 saturated heterocycles. The molecule has 1 aliphatic heterocycles. The Morgan fingerprint density at radius 1 is 1.59 bits per heavy atom. The van der Waals surface area contributed by atoms with E-state index in [1.165, 1.54) is 0 Å². The van der Waals surface area contributed by atoms with Crippen LogP contribution in [0.15, 0.2) is 18.2 Å². The summed E-state index contributed by atoms with van der Waals surface area (Å²) < 4.78 is 19.2. The molecule has 1 heterocycles. The molecule has 2 nitrogen and oxygen atoms in total. The predicted octanol–water partition coefficient (Wildman–Crippen LogP) is 2.65. The molecule has 0 aromatic heterocycles. The fourth-order valence-corrected chi connectivity index (χ4v) is 2.51. The molecular weight excluding hydrogens is 241 g/mol. The molecule has 0 aliphatic carbocycles. The lowest BCUT2D eigenvalue weighted by Crippen LogP contribution is -2.36. The summed E-state index contributed by atoms with van der Waals surface area (Å²) in [7, 11) is 1.91. The molecule has 94 valence electrons. The van der Waals surface area contributed by atoms with Gasteiger partial charge in [-0.15, -0.1) is 0 Å². The van der Waals surface area contributed by atoms with E-state index in [2.05, 4.69) is 5.32 Å². The van der Waals surface area contributed by atoms with Crippen LogP contribution in [0, 0.1) is 11.7 Å². The van der Waals surface area contributed by atoms with E-state index in [1.54, 1.807) is 18.2 Å². The standard InChI is InChI=1S/C13H17ClFNO/c1-16-12(10-5-6-17-8-10)7-9-3-2-4-11(14)13(9)15/h2-4,10,12,16H,5-8H2,1H3. The van der Waals surface area contributed by atoms with Crippen LogP contribution in [0.2, 0.25) is 5.02 Å². The Balaban J connectivity index is 2.09. The Morgan fingerprint density at radius 2 is 2.41 bits per heavy atom. The van der Waals surface area contributed by atoms with Crippen molar-refractivity contribution in [3.05, 3.63) is 34.6 Å². The molecule has 1 aromatic carbocycles. The third kappa shape index (κ3) is 2.97. The van der Waals surface area contributed by atoms with Crippen LogP contribution < -0.4 is 5.32 Å². The summed E-state index contributed by atoms with van der Waals surface area (Å²) in [6, 6.07) is 5.40. The summed E-state index contributed by atoms with van der Waals surface area (Å²) in [5, 5.41) is 3.44. The second-order valence-electron chi connectivity index (χ2n) is 4.44. The van der Waals surface area contributed by atoms with Gasteiger partial charge in [-0.25, -0.2) is 4.39 Å². The van der Waals surface area contributed by atoms with Gasteiger partial charge in [-0.05, 0) is 31.5 Å². The molecule has 1 aromatic rings. The van der Waals surface area contributed by atoms with Crippen LogP contribution >= 0.6 is 11.6 Å². The van der Waals surface area contributed by atoms with Crippen LogP contribution in [0.5, 0.6) is 0 Å². The zero-order valence-corrected chi connectivity index (χ0v) is 10.6. The second-order valence-corrected chi connectivity index (χ2v) is 4.84. The average Bonchev–Trinajstić information content (AvgIpc) is 2.85. The number of rotatable bonds is 4. The van der Waals surface area contributed by atoms with E-state index in [4.69, 9.17) is 16.3 Å². The molecule has 0 bridgehead atoms. The Hall–Kier alpha value is -0.640. The first kappa shape index (κ1) is 12.8. The largest absolute Gasteiger partial charge is 0.381 e. The third-order valence-electron chi connectivity index (χ3n) is 3.38. The monoisotopic (exact) mass is 257 g/mol. The molecule has 2 rings (SSSR count). The first-order valence-electron chi connectivity index (χ1n) is 5.90. The summed E-state index contributed by atoms with van der Waals surface area (Å²) in [6.45, 7) is 1.56. The first-order chi connectivity index (χ1) is 8.22. The van der Waals surface area contributed by atoms with Gasteiger partial charge >= 0.3 is 0 Å². The van der Waals surface area contributed by atoms with E-state index < -0.39 is 0 Å². The number of likely N-dealkylation sites (N-methyl/N-ethyl adjacent to an activating group) is 1. The smallest absolute Gasteiger partial charge is 0.145 e. The minimum atomic E-state index is -0.298. The van der Waals surface area contributed by atoms with Crippen molar-refractivity contribution >= 4 is 11.6 Å². The maximum Gasteiger partial charge on any atom is 0.145 e. The van der Waals surface area contributed by atoms with Gasteiger partial charge < -0.3 is 10.1 Å². The Kier molecular flexibility index (Phi) is 4.37. The highest BCUT2D eigenvalue weighted by molar-refractivity contribution is 6.30. The predicted molar refractivity (Wildman–Crippen MR) is 66.9 cm³/mol. The van der Waals surface area contributed by atoms with Crippen molar-refractivity contribution in [2.75, 3.05) is 20.3 Å². The zero-order valence-electron chi connectivity index (χ0n) is 9.88. The van der Waals surface area contributed by atoms with E-state index in [-0.39, 0.29) is 16.9 Å². The molecule has 2 unspecified atom stereocenters. The van der Waals surface area contributed by atoms with Gasteiger partial charge in [0.1, 0.15) is 5.82 Å². The van der Waals surface area contributed by atoms with E-state index >= 15 is 0 Å². The number of halogens is 2. The molecule has 4 heteroatoms. The van der Waals surface area contributed by atoms with Crippen molar-refractivity contribution in [2.45, 2.75) is 18.9 Å². The van der Waals surface area contributed by atoms with Gasteiger partial charge in [0.2, 0.25) is 0 Å². The van der Waals surface area contributed by atoms with Crippen LogP contribution in [-0.4, -0.2) is 26.3 Å². The third-order valence-corrected chi connectivity index (χ3v) is 3.67. The topological polar surface area (TPSA) is 21.3 Å². The quantitative estimate of drug-likeness (QED) is 0.895. The zero-order chi connectivity index (χ0) is 12.3. The van der Waals surface area contributed by atoms with Crippen LogP contribution in [0.25, 0.3) is 0 Å². The van der Waals surface area contributed by atoms with Crippen LogP contribution in [0.3, 0.4) is 0 Å². The molecule has 1 N–H and O–H groups in total. The highest BCUT2D eigenvalue weighted by Crippen LogP contribution is 2.23. The first-order valence-corrected chi connectivity index (χ1v) is 6.28. The maximum atomic E-state index is 13.8. The van der Waals surface area contributed by atoms with E-state index in [0.717, 1.165) is 19.6 Å². The molecular formula is C13H17ClFNO. The van der Waals surface area contributed by atoms with E-state index in [1.807, 2.05) is 7.05 Å². The number of hydrogen-bond donors (Lipinski definition) is 1. The molecule has 0 amide bonds. The van der Waals surface area contributed by atoms with Gasteiger partial charge in [0.25, 0.3) is 0 Å². The van der Waals surface area contributed by atoms with E-state index in [9.17, 15) is 4.39 Å². The minimum absolute atomic E-state index is 0.194. The van der Waals surface area contributed by atoms with Crippen molar-refractivity contribution in [3.63, 3.8) is 0 Å². The van der Waals surface area contributed by atoms with Crippen molar-refractivity contribution < 1.29 is 9.13 Å². The summed E-state index contributed by atoms with van der Waals surface area (Å²) >= 11 is 5.78. The minimum Gasteiger partial charge on any atom is -0.381 e. The highest BCUT2D eigenvalue weighted by atomic mass is 35.5. The summed E-state index contributed by atoms with van der Waals surface area (Å²) in [5.41, 5.74) is 0.670. The molecule has 0 spiro atoms. The summed E-state index contributed by atoms with van der Waals surface area (Å²) in [5.74, 6) is 0.159. The van der Waals surface area contributed by atoms with Crippen LogP contribution in [0.1, 0.15) is 12.0 Å². The van der Waals surface area contributed by atoms with Gasteiger partial charge in [-0.3, -0.25) is 0 Å². The van der Waals surface area contributed by atoms with Crippen molar-refractivity contribution in [1.29, 1.82) is 0 Å². The second kappa shape index (κ2) is 5.80. The van der Waals surface area contributed by atoms with Gasteiger partial charge in [0, 0.05) is 18.6 Å². The number of hydrogen-bond acceptors (Lipinski definition) is 2. The van der Waals surface area contributed by atoms with Crippen molar-refractivity contribution in [2.24, 2.45) is 5.92 Å². The Labute approximate surface area is 106 Å². The van der Waals surface area contributed by atoms with Crippen molar-refractivity contribution in [1.82, 2.24) is 5.32 Å². The number of benzene rings is 1. The molecule has 1 fully saturated rings. The Morgan fingerprint density at radius 3 is 3.06 bits per heavy atom. The van der Waals surface area contributed by atoms with Crippen LogP contribution in [-0.2, 0) is 11.2 Å². The van der Waals surface area contributed by atoms with Crippen molar-refractivity contribution in [3.8, 4) is 0 Å². The number of nitrogens with one attached hydrogen (secondary N) is 1. The lowest BCUT2D eigenvalue weighted by atomic mass is 9.93. The fraction of sp³-hybridized carbons (Fsp3) is 0.538. The molecule has 17 heavy (non-hydrogen) atoms. The average molecular weight is 258 g/mol. The normalized spacial score (nSPS) is 21.7. The van der Waals surface area contributed by atoms with Gasteiger partial charge in [0.05, 0.1) is 11.6 Å². The lowest BCUT2D eigenvalue weighted by molar-refractivity contribution is 0.177. The molecule has 2 atom stereocenters. The molecule has 1 aliphatic rings. The summed E-state index contributed by atoms with van der Waals surface area (Å²) in [4.78, 5) is 0. The molecule has 0 radical (unpaired) electrons. The number of ether oxygens (including phenoxy) is 1. The molecule has 0 saturated carbocycles. The van der Waals surface area contributed by atoms with Gasteiger partial charge in [0.15, 0.2) is 0 Å². The van der Waals surface area contributed by atoms with Gasteiger partial charge in [-0.1, -0.05) is 23.7 Å². The fourth-order valence-electron chi connectivity index (χ4n) is 2.32.